The summed E-state index contributed by atoms with van der Waals surface area (Å²) in [5.74, 6) is 0.289. The molecule has 1 fully saturated rings. The standard InChI is InChI=1S/C23H31N3O3/c1-15-9-8-12-20(16(15)2)24-21(27)14-29-23(28)22-17(3)25-26(18(22)4)13-19-10-6-5-7-11-19/h5-7,10-11,15-16,20H,8-9,12-14H2,1-4H3,(H,24,27). The minimum Gasteiger partial charge on any atom is -0.452 e. The number of hydrogen-bond donors (Lipinski definition) is 1. The largest absolute Gasteiger partial charge is 0.452 e. The fourth-order valence-electron chi connectivity index (χ4n) is 4.14. The average Bonchev–Trinajstić information content (AvgIpc) is 2.97. The maximum atomic E-state index is 12.6. The van der Waals surface area contributed by atoms with Crippen molar-refractivity contribution in [1.82, 2.24) is 15.1 Å². The molecule has 1 saturated carbocycles. The molecule has 3 atom stereocenters. The van der Waals surface area contributed by atoms with Crippen LogP contribution in [0.3, 0.4) is 0 Å². The zero-order valence-corrected chi connectivity index (χ0v) is 17.8. The van der Waals surface area contributed by atoms with Gasteiger partial charge in [-0.2, -0.15) is 5.10 Å². The number of carbonyl (C=O) groups excluding carboxylic acids is 2. The number of amides is 1. The van der Waals surface area contributed by atoms with Crippen molar-refractivity contribution >= 4 is 11.9 Å². The van der Waals surface area contributed by atoms with Crippen LogP contribution in [-0.2, 0) is 16.1 Å². The van der Waals surface area contributed by atoms with Crippen molar-refractivity contribution in [1.29, 1.82) is 0 Å². The number of nitrogens with zero attached hydrogens (tertiary/aromatic N) is 2. The lowest BCUT2D eigenvalue weighted by atomic mass is 9.78. The molecule has 1 aromatic heterocycles. The predicted octanol–water partition coefficient (Wildman–Crippen LogP) is 3.65. The van der Waals surface area contributed by atoms with Crippen molar-refractivity contribution in [2.45, 2.75) is 59.5 Å². The smallest absolute Gasteiger partial charge is 0.342 e. The van der Waals surface area contributed by atoms with Gasteiger partial charge in [0.25, 0.3) is 5.91 Å². The predicted molar refractivity (Wildman–Crippen MR) is 112 cm³/mol. The summed E-state index contributed by atoms with van der Waals surface area (Å²) in [6.07, 6.45) is 3.30. The lowest BCUT2D eigenvalue weighted by molar-refractivity contribution is -0.125. The Bertz CT molecular complexity index is 860. The van der Waals surface area contributed by atoms with E-state index in [1.807, 2.05) is 37.3 Å². The number of carbonyl (C=O) groups is 2. The molecule has 3 unspecified atom stereocenters. The van der Waals surface area contributed by atoms with Crippen LogP contribution in [-0.4, -0.2) is 34.3 Å². The van der Waals surface area contributed by atoms with Gasteiger partial charge in [-0.25, -0.2) is 4.79 Å². The number of ether oxygens (including phenoxy) is 1. The molecule has 6 heteroatoms. The van der Waals surface area contributed by atoms with E-state index in [0.717, 1.165) is 24.1 Å². The summed E-state index contributed by atoms with van der Waals surface area (Å²) in [5.41, 5.74) is 2.90. The van der Waals surface area contributed by atoms with E-state index in [2.05, 4.69) is 24.3 Å². The average molecular weight is 398 g/mol. The molecule has 1 aromatic carbocycles. The van der Waals surface area contributed by atoms with Crippen molar-refractivity contribution in [2.24, 2.45) is 11.8 Å². The summed E-state index contributed by atoms with van der Waals surface area (Å²) in [4.78, 5) is 24.9. The quantitative estimate of drug-likeness (QED) is 0.755. The van der Waals surface area contributed by atoms with Gasteiger partial charge in [0.1, 0.15) is 5.56 Å². The zero-order chi connectivity index (χ0) is 21.0. The highest BCUT2D eigenvalue weighted by atomic mass is 16.5. The number of benzene rings is 1. The highest BCUT2D eigenvalue weighted by Gasteiger charge is 2.28. The Morgan fingerprint density at radius 1 is 1.17 bits per heavy atom. The molecule has 6 nitrogen and oxygen atoms in total. The van der Waals surface area contributed by atoms with E-state index in [0.29, 0.717) is 29.6 Å². The highest BCUT2D eigenvalue weighted by molar-refractivity contribution is 5.93. The van der Waals surface area contributed by atoms with Crippen LogP contribution in [0, 0.1) is 25.7 Å². The molecule has 3 rings (SSSR count). The summed E-state index contributed by atoms with van der Waals surface area (Å²) < 4.78 is 7.11. The molecule has 0 aliphatic heterocycles. The van der Waals surface area contributed by atoms with Gasteiger partial charge < -0.3 is 10.1 Å². The molecule has 0 bridgehead atoms. The second kappa shape index (κ2) is 9.25. The summed E-state index contributed by atoms with van der Waals surface area (Å²) in [5, 5.41) is 7.52. The van der Waals surface area contributed by atoms with Gasteiger partial charge in [-0.3, -0.25) is 9.48 Å². The zero-order valence-electron chi connectivity index (χ0n) is 17.8. The first kappa shape index (κ1) is 21.1. The Morgan fingerprint density at radius 2 is 1.90 bits per heavy atom. The number of rotatable bonds is 6. The van der Waals surface area contributed by atoms with Crippen LogP contribution in [0.4, 0.5) is 0 Å². The third-order valence-corrected chi connectivity index (χ3v) is 6.15. The van der Waals surface area contributed by atoms with Crippen LogP contribution in [0.25, 0.3) is 0 Å². The van der Waals surface area contributed by atoms with Gasteiger partial charge in [0.15, 0.2) is 6.61 Å². The molecule has 29 heavy (non-hydrogen) atoms. The number of aryl methyl sites for hydroxylation is 1. The fourth-order valence-corrected chi connectivity index (χ4v) is 4.14. The van der Waals surface area contributed by atoms with Gasteiger partial charge in [0.2, 0.25) is 0 Å². The van der Waals surface area contributed by atoms with Crippen LogP contribution in [0.15, 0.2) is 30.3 Å². The van der Waals surface area contributed by atoms with Gasteiger partial charge in [0, 0.05) is 6.04 Å². The van der Waals surface area contributed by atoms with E-state index in [9.17, 15) is 9.59 Å². The first-order chi connectivity index (χ1) is 13.9. The van der Waals surface area contributed by atoms with Crippen LogP contribution >= 0.6 is 0 Å². The molecule has 1 amide bonds. The molecule has 0 spiro atoms. The Balaban J connectivity index is 1.58. The SMILES string of the molecule is Cc1nn(Cc2ccccc2)c(C)c1C(=O)OCC(=O)NC1CCCC(C)C1C. The Hall–Kier alpha value is -2.63. The lowest BCUT2D eigenvalue weighted by Crippen LogP contribution is -2.45. The molecule has 1 aliphatic rings. The number of aromatic nitrogens is 2. The fraction of sp³-hybridized carbons (Fsp3) is 0.522. The second-order valence-corrected chi connectivity index (χ2v) is 8.21. The van der Waals surface area contributed by atoms with Crippen LogP contribution in [0.2, 0.25) is 0 Å². The molecule has 1 heterocycles. The van der Waals surface area contributed by atoms with E-state index in [-0.39, 0.29) is 18.6 Å². The van der Waals surface area contributed by atoms with Crippen molar-refractivity contribution in [3.05, 3.63) is 52.8 Å². The van der Waals surface area contributed by atoms with Crippen molar-refractivity contribution in [2.75, 3.05) is 6.61 Å². The summed E-state index contributed by atoms with van der Waals surface area (Å²) in [6.45, 7) is 8.36. The second-order valence-electron chi connectivity index (χ2n) is 8.21. The maximum absolute atomic E-state index is 12.6. The van der Waals surface area contributed by atoms with E-state index in [1.165, 1.54) is 6.42 Å². The van der Waals surface area contributed by atoms with Gasteiger partial charge in [0.05, 0.1) is 17.9 Å². The summed E-state index contributed by atoms with van der Waals surface area (Å²) in [6, 6.07) is 10.1. The van der Waals surface area contributed by atoms with Crippen LogP contribution < -0.4 is 5.32 Å². The maximum Gasteiger partial charge on any atom is 0.342 e. The lowest BCUT2D eigenvalue weighted by Gasteiger charge is -2.34. The van der Waals surface area contributed by atoms with Crippen LogP contribution in [0.1, 0.15) is 60.4 Å². The van der Waals surface area contributed by atoms with Crippen molar-refractivity contribution in [3.63, 3.8) is 0 Å². The Labute approximate surface area is 172 Å². The number of nitrogens with one attached hydrogen (secondary N) is 1. The molecule has 2 aromatic rings. The van der Waals surface area contributed by atoms with E-state index < -0.39 is 5.97 Å². The molecular weight excluding hydrogens is 366 g/mol. The number of hydrogen-bond acceptors (Lipinski definition) is 4. The van der Waals surface area contributed by atoms with E-state index >= 15 is 0 Å². The van der Waals surface area contributed by atoms with Gasteiger partial charge in [-0.15, -0.1) is 0 Å². The highest BCUT2D eigenvalue weighted by Crippen LogP contribution is 2.29. The topological polar surface area (TPSA) is 73.2 Å². The Kier molecular flexibility index (Phi) is 6.72. The molecular formula is C23H31N3O3. The molecule has 1 aliphatic carbocycles. The Morgan fingerprint density at radius 3 is 2.62 bits per heavy atom. The van der Waals surface area contributed by atoms with E-state index in [4.69, 9.17) is 4.74 Å². The minimum atomic E-state index is -0.500. The molecule has 0 saturated heterocycles. The third-order valence-electron chi connectivity index (χ3n) is 6.15. The molecule has 156 valence electrons. The number of esters is 1. The summed E-state index contributed by atoms with van der Waals surface area (Å²) >= 11 is 0. The minimum absolute atomic E-state index is 0.155. The first-order valence-electron chi connectivity index (χ1n) is 10.4. The monoisotopic (exact) mass is 397 g/mol. The molecule has 1 N–H and O–H groups in total. The third kappa shape index (κ3) is 5.05. The first-order valence-corrected chi connectivity index (χ1v) is 10.4. The van der Waals surface area contributed by atoms with E-state index in [1.54, 1.807) is 11.6 Å². The normalized spacial score (nSPS) is 21.6. The van der Waals surface area contributed by atoms with Gasteiger partial charge >= 0.3 is 5.97 Å². The van der Waals surface area contributed by atoms with Crippen LogP contribution in [0.5, 0.6) is 0 Å². The van der Waals surface area contributed by atoms with Gasteiger partial charge in [-0.05, 0) is 37.7 Å². The van der Waals surface area contributed by atoms with Crippen molar-refractivity contribution < 1.29 is 14.3 Å². The summed E-state index contributed by atoms with van der Waals surface area (Å²) in [7, 11) is 0. The molecule has 0 radical (unpaired) electrons. The van der Waals surface area contributed by atoms with Crippen molar-refractivity contribution in [3.8, 4) is 0 Å². The van der Waals surface area contributed by atoms with Gasteiger partial charge in [-0.1, -0.05) is 57.0 Å².